The molecule has 0 saturated carbocycles. The van der Waals surface area contributed by atoms with E-state index in [-0.39, 0.29) is 5.41 Å². The highest BCUT2D eigenvalue weighted by atomic mass is 15.2. The molecular formula is C58H42N2. The second-order valence-corrected chi connectivity index (χ2v) is 16.3. The average Bonchev–Trinajstić information content (AvgIpc) is 3.54. The summed E-state index contributed by atoms with van der Waals surface area (Å²) in [6.45, 7) is 4.66. The number of fused-ring (bicyclic) bond motifs is 6. The molecule has 9 aromatic carbocycles. The Morgan fingerprint density at radius 2 is 0.967 bits per heavy atom. The molecule has 0 bridgehead atoms. The fourth-order valence-corrected chi connectivity index (χ4v) is 9.65. The van der Waals surface area contributed by atoms with Gasteiger partial charge in [0.2, 0.25) is 0 Å². The Bertz CT molecular complexity index is 3210. The molecule has 0 unspecified atom stereocenters. The normalized spacial score (nSPS) is 12.9. The number of benzene rings is 9. The van der Waals surface area contributed by atoms with Crippen LogP contribution in [0.1, 0.15) is 36.1 Å². The molecule has 2 nitrogen and oxygen atoms in total. The van der Waals surface area contributed by atoms with E-state index in [9.17, 15) is 0 Å². The smallest absolute Gasteiger partial charge is 0.137 e. The molecule has 0 aliphatic heterocycles. The molecule has 0 saturated heterocycles. The second kappa shape index (κ2) is 14.4. The van der Waals surface area contributed by atoms with Gasteiger partial charge in [0.1, 0.15) is 5.82 Å². The number of anilines is 3. The molecule has 1 aliphatic rings. The Morgan fingerprint density at radius 3 is 1.65 bits per heavy atom. The monoisotopic (exact) mass is 766 g/mol. The highest BCUT2D eigenvalue weighted by Crippen LogP contribution is 2.50. The van der Waals surface area contributed by atoms with E-state index in [1.54, 1.807) is 0 Å². The van der Waals surface area contributed by atoms with Crippen molar-refractivity contribution in [3.05, 3.63) is 229 Å². The van der Waals surface area contributed by atoms with Crippen molar-refractivity contribution in [2.45, 2.75) is 19.3 Å². The fraction of sp³-hybridized carbons (Fsp3) is 0.0517. The number of nitrogens with zero attached hydrogens (tertiary/aromatic N) is 2. The predicted octanol–water partition coefficient (Wildman–Crippen LogP) is 15.8. The summed E-state index contributed by atoms with van der Waals surface area (Å²) in [4.78, 5) is 7.39. The van der Waals surface area contributed by atoms with Gasteiger partial charge >= 0.3 is 0 Å². The van der Waals surface area contributed by atoms with Crippen LogP contribution in [0.2, 0.25) is 0 Å². The highest BCUT2D eigenvalue weighted by Gasteiger charge is 2.35. The van der Waals surface area contributed by atoms with Gasteiger partial charge < -0.3 is 0 Å². The third kappa shape index (κ3) is 5.83. The Morgan fingerprint density at radius 1 is 0.417 bits per heavy atom. The van der Waals surface area contributed by atoms with Crippen molar-refractivity contribution in [3.63, 3.8) is 0 Å². The van der Waals surface area contributed by atoms with Gasteiger partial charge in [0.05, 0.1) is 0 Å². The molecule has 1 aliphatic carbocycles. The summed E-state index contributed by atoms with van der Waals surface area (Å²) in [6, 6.07) is 72.5. The molecule has 0 spiro atoms. The molecule has 0 radical (unpaired) electrons. The Hall–Kier alpha value is -7.55. The molecule has 11 rings (SSSR count). The van der Waals surface area contributed by atoms with Crippen molar-refractivity contribution in [1.82, 2.24) is 4.98 Å². The summed E-state index contributed by atoms with van der Waals surface area (Å²) in [5, 5.41) is 7.43. The standard InChI is InChI=1S/C58H42N2/c1-58(2)54-28-16-15-25-49(54)50-33-31-42(37-55(50)58)60(41-19-7-4-8-20-41)56-36-30-39(38-59-56)29-32-48-46-23-11-13-26-51(46)57(52-27-14-12-24-47(48)52)53-35-34-43(40-17-5-3-6-18-40)44-21-9-10-22-45(44)53/h3-38H,1-2H3/b32-29+. The van der Waals surface area contributed by atoms with E-state index in [2.05, 4.69) is 231 Å². The van der Waals surface area contributed by atoms with Gasteiger partial charge in [-0.25, -0.2) is 4.98 Å². The first-order chi connectivity index (χ1) is 29.5. The van der Waals surface area contributed by atoms with Crippen molar-refractivity contribution < 1.29 is 0 Å². The van der Waals surface area contributed by atoms with Crippen LogP contribution in [0.4, 0.5) is 17.2 Å². The van der Waals surface area contributed by atoms with Gasteiger partial charge in [-0.1, -0.05) is 190 Å². The first kappa shape index (κ1) is 35.6. The summed E-state index contributed by atoms with van der Waals surface area (Å²) < 4.78 is 0. The summed E-state index contributed by atoms with van der Waals surface area (Å²) in [5.41, 5.74) is 14.6. The zero-order valence-corrected chi connectivity index (χ0v) is 33.7. The lowest BCUT2D eigenvalue weighted by atomic mass is 9.82. The largest absolute Gasteiger partial charge is 0.295 e. The van der Waals surface area contributed by atoms with Crippen LogP contribution in [0.3, 0.4) is 0 Å². The Kier molecular flexibility index (Phi) is 8.53. The Labute approximate surface area is 351 Å². The predicted molar refractivity (Wildman–Crippen MR) is 255 cm³/mol. The zero-order chi connectivity index (χ0) is 40.2. The lowest BCUT2D eigenvalue weighted by Crippen LogP contribution is -2.17. The molecule has 0 amide bonds. The van der Waals surface area contributed by atoms with E-state index >= 15 is 0 Å². The maximum Gasteiger partial charge on any atom is 0.137 e. The number of aromatic nitrogens is 1. The first-order valence-corrected chi connectivity index (χ1v) is 20.8. The van der Waals surface area contributed by atoms with Crippen molar-refractivity contribution >= 4 is 61.7 Å². The molecule has 284 valence electrons. The van der Waals surface area contributed by atoms with Gasteiger partial charge in [-0.05, 0) is 124 Å². The fourth-order valence-electron chi connectivity index (χ4n) is 9.65. The first-order valence-electron chi connectivity index (χ1n) is 20.8. The van der Waals surface area contributed by atoms with Crippen molar-refractivity contribution in [3.8, 4) is 33.4 Å². The third-order valence-electron chi connectivity index (χ3n) is 12.5. The minimum atomic E-state index is -0.0975. The molecular weight excluding hydrogens is 725 g/mol. The summed E-state index contributed by atoms with van der Waals surface area (Å²) >= 11 is 0. The van der Waals surface area contributed by atoms with Crippen LogP contribution in [0.5, 0.6) is 0 Å². The van der Waals surface area contributed by atoms with Crippen LogP contribution in [0, 0.1) is 0 Å². The van der Waals surface area contributed by atoms with Crippen molar-refractivity contribution in [1.29, 1.82) is 0 Å². The van der Waals surface area contributed by atoms with Crippen molar-refractivity contribution in [2.24, 2.45) is 0 Å². The van der Waals surface area contributed by atoms with Gasteiger partial charge in [-0.3, -0.25) is 4.90 Å². The van der Waals surface area contributed by atoms with Crippen LogP contribution in [0.25, 0.3) is 77.9 Å². The van der Waals surface area contributed by atoms with Gasteiger partial charge in [0.15, 0.2) is 0 Å². The molecule has 0 atom stereocenters. The van der Waals surface area contributed by atoms with E-state index in [0.29, 0.717) is 0 Å². The topological polar surface area (TPSA) is 16.1 Å². The van der Waals surface area contributed by atoms with Gasteiger partial charge in [-0.15, -0.1) is 0 Å². The van der Waals surface area contributed by atoms with Gasteiger partial charge in [-0.2, -0.15) is 0 Å². The van der Waals surface area contributed by atoms with Crippen LogP contribution in [-0.2, 0) is 5.41 Å². The summed E-state index contributed by atoms with van der Waals surface area (Å²) in [5.74, 6) is 0.873. The maximum absolute atomic E-state index is 5.12. The minimum Gasteiger partial charge on any atom is -0.295 e. The lowest BCUT2D eigenvalue weighted by molar-refractivity contribution is 0.660. The minimum absolute atomic E-state index is 0.0975. The third-order valence-corrected chi connectivity index (χ3v) is 12.5. The van der Waals surface area contributed by atoms with E-state index in [4.69, 9.17) is 4.98 Å². The van der Waals surface area contributed by atoms with E-state index in [1.165, 1.54) is 82.4 Å². The van der Waals surface area contributed by atoms with E-state index in [0.717, 1.165) is 22.8 Å². The van der Waals surface area contributed by atoms with Crippen LogP contribution in [0.15, 0.2) is 206 Å². The lowest BCUT2D eigenvalue weighted by Gasteiger charge is -2.27. The van der Waals surface area contributed by atoms with Gasteiger partial charge in [0, 0.05) is 23.0 Å². The number of para-hydroxylation sites is 1. The molecule has 60 heavy (non-hydrogen) atoms. The average molecular weight is 767 g/mol. The molecule has 0 N–H and O–H groups in total. The van der Waals surface area contributed by atoms with Crippen molar-refractivity contribution in [2.75, 3.05) is 4.90 Å². The second-order valence-electron chi connectivity index (χ2n) is 16.3. The molecule has 1 heterocycles. The Balaban J connectivity index is 0.993. The SMILES string of the molecule is CC1(C)c2ccccc2-c2ccc(N(c3ccccc3)c3ccc(/C=C/c4c5ccccc5c(-c5ccc(-c6ccccc6)c6ccccc56)c5ccccc45)cn3)cc21. The van der Waals surface area contributed by atoms with Crippen LogP contribution in [-0.4, -0.2) is 4.98 Å². The number of rotatable bonds is 7. The quantitative estimate of drug-likeness (QED) is 0.150. The van der Waals surface area contributed by atoms with Crippen LogP contribution < -0.4 is 4.90 Å². The van der Waals surface area contributed by atoms with Crippen LogP contribution >= 0.6 is 0 Å². The van der Waals surface area contributed by atoms with E-state index < -0.39 is 0 Å². The number of hydrogen-bond acceptors (Lipinski definition) is 2. The molecule has 1 aromatic heterocycles. The van der Waals surface area contributed by atoms with Gasteiger partial charge in [0.25, 0.3) is 0 Å². The highest BCUT2D eigenvalue weighted by molar-refractivity contribution is 6.21. The van der Waals surface area contributed by atoms with E-state index in [1.807, 2.05) is 6.20 Å². The molecule has 0 fully saturated rings. The number of pyridine rings is 1. The number of hydrogen-bond donors (Lipinski definition) is 0. The molecule has 10 aromatic rings. The zero-order valence-electron chi connectivity index (χ0n) is 33.7. The maximum atomic E-state index is 5.12. The summed E-state index contributed by atoms with van der Waals surface area (Å²) in [7, 11) is 0. The molecule has 2 heteroatoms. The summed E-state index contributed by atoms with van der Waals surface area (Å²) in [6.07, 6.45) is 6.47.